The summed E-state index contributed by atoms with van der Waals surface area (Å²) in [5.74, 6) is -1.71. The Morgan fingerprint density at radius 2 is 1.95 bits per heavy atom. The number of esters is 1. The second kappa shape index (κ2) is 7.82. The van der Waals surface area contributed by atoms with Gasteiger partial charge in [-0.25, -0.2) is 9.59 Å². The van der Waals surface area contributed by atoms with Crippen molar-refractivity contribution < 1.29 is 29.0 Å². The van der Waals surface area contributed by atoms with E-state index in [-0.39, 0.29) is 18.4 Å². The number of hydrogen-bond donors (Lipinski definition) is 3. The van der Waals surface area contributed by atoms with Crippen molar-refractivity contribution in [3.8, 4) is 0 Å². The summed E-state index contributed by atoms with van der Waals surface area (Å²) in [6.45, 7) is 0.332. The summed E-state index contributed by atoms with van der Waals surface area (Å²) in [4.78, 5) is 33.8. The Hall–Kier alpha value is -1.83. The van der Waals surface area contributed by atoms with Crippen LogP contribution in [-0.2, 0) is 19.1 Å². The average molecular weight is 302 g/mol. The Morgan fingerprint density at radius 3 is 2.38 bits per heavy atom. The van der Waals surface area contributed by atoms with Gasteiger partial charge in [-0.05, 0) is 25.7 Å². The predicted molar refractivity (Wildman–Crippen MR) is 72.8 cm³/mol. The van der Waals surface area contributed by atoms with E-state index in [4.69, 9.17) is 9.84 Å². The number of rotatable bonds is 8. The number of methoxy groups -OCH3 is 2. The van der Waals surface area contributed by atoms with Gasteiger partial charge in [-0.3, -0.25) is 4.79 Å². The molecule has 120 valence electrons. The van der Waals surface area contributed by atoms with Crippen LogP contribution in [0, 0.1) is 0 Å². The first kappa shape index (κ1) is 17.2. The number of nitrogens with one attached hydrogen (secondary N) is 2. The van der Waals surface area contributed by atoms with Gasteiger partial charge in [0.15, 0.2) is 0 Å². The van der Waals surface area contributed by atoms with Crippen LogP contribution in [0.25, 0.3) is 0 Å². The molecule has 1 fully saturated rings. The van der Waals surface area contributed by atoms with Crippen molar-refractivity contribution in [2.24, 2.45) is 0 Å². The summed E-state index contributed by atoms with van der Waals surface area (Å²) >= 11 is 0. The quantitative estimate of drug-likeness (QED) is 0.554. The zero-order chi connectivity index (χ0) is 15.9. The highest BCUT2D eigenvalue weighted by Gasteiger charge is 2.37. The van der Waals surface area contributed by atoms with Gasteiger partial charge in [-0.2, -0.15) is 0 Å². The molecule has 1 aliphatic rings. The summed E-state index contributed by atoms with van der Waals surface area (Å²) < 4.78 is 9.79. The molecule has 0 aromatic carbocycles. The van der Waals surface area contributed by atoms with E-state index in [0.29, 0.717) is 6.54 Å². The van der Waals surface area contributed by atoms with Crippen molar-refractivity contribution in [3.63, 3.8) is 0 Å². The fourth-order valence-electron chi connectivity index (χ4n) is 2.10. The standard InChI is InChI=1S/C13H22N2O6/c1-20-10(16)5-4-9(11(17)18)15-12(19)14-8-13(21-2)6-3-7-13/h9H,3-8H2,1-2H3,(H,17,18)(H2,14,15,19)/t9-/m1/s1. The Labute approximate surface area is 123 Å². The van der Waals surface area contributed by atoms with Crippen molar-refractivity contribution in [1.29, 1.82) is 0 Å². The predicted octanol–water partition coefficient (Wildman–Crippen LogP) is 0.261. The number of ether oxygens (including phenoxy) is 2. The Morgan fingerprint density at radius 1 is 1.29 bits per heavy atom. The molecule has 0 heterocycles. The molecule has 0 unspecified atom stereocenters. The molecule has 0 saturated heterocycles. The van der Waals surface area contributed by atoms with Crippen molar-refractivity contribution in [1.82, 2.24) is 10.6 Å². The lowest BCUT2D eigenvalue weighted by atomic mass is 9.80. The molecule has 0 aromatic rings. The first-order chi connectivity index (χ1) is 9.92. The Bertz CT molecular complexity index is 389. The molecule has 3 N–H and O–H groups in total. The van der Waals surface area contributed by atoms with E-state index in [1.807, 2.05) is 0 Å². The number of amides is 2. The van der Waals surface area contributed by atoms with E-state index < -0.39 is 24.0 Å². The van der Waals surface area contributed by atoms with E-state index >= 15 is 0 Å². The summed E-state index contributed by atoms with van der Waals surface area (Å²) in [5, 5.41) is 14.0. The molecule has 2 amide bonds. The molecule has 1 rings (SSSR count). The van der Waals surface area contributed by atoms with Crippen LogP contribution >= 0.6 is 0 Å². The zero-order valence-corrected chi connectivity index (χ0v) is 12.3. The smallest absolute Gasteiger partial charge is 0.326 e. The number of urea groups is 1. The Balaban J connectivity index is 2.38. The van der Waals surface area contributed by atoms with Gasteiger partial charge in [0.1, 0.15) is 6.04 Å². The molecule has 0 aliphatic heterocycles. The van der Waals surface area contributed by atoms with E-state index in [0.717, 1.165) is 19.3 Å². The van der Waals surface area contributed by atoms with Gasteiger partial charge in [0.2, 0.25) is 0 Å². The van der Waals surface area contributed by atoms with Crippen LogP contribution < -0.4 is 10.6 Å². The van der Waals surface area contributed by atoms with Crippen LogP contribution in [-0.4, -0.2) is 55.5 Å². The molecule has 0 radical (unpaired) electrons. The fourth-order valence-corrected chi connectivity index (χ4v) is 2.10. The Kier molecular flexibility index (Phi) is 6.41. The van der Waals surface area contributed by atoms with E-state index in [1.54, 1.807) is 7.11 Å². The van der Waals surface area contributed by atoms with E-state index in [1.165, 1.54) is 7.11 Å². The number of carboxylic acid groups (broad SMARTS) is 1. The average Bonchev–Trinajstić information content (AvgIpc) is 2.41. The highest BCUT2D eigenvalue weighted by Crippen LogP contribution is 2.34. The van der Waals surface area contributed by atoms with Crippen molar-refractivity contribution in [2.75, 3.05) is 20.8 Å². The summed E-state index contributed by atoms with van der Waals surface area (Å²) in [6.07, 6.45) is 2.69. The maximum absolute atomic E-state index is 11.7. The molecular weight excluding hydrogens is 280 g/mol. The van der Waals surface area contributed by atoms with Gasteiger partial charge in [0.05, 0.1) is 12.7 Å². The molecule has 1 saturated carbocycles. The molecule has 8 heteroatoms. The number of carbonyl (C=O) groups excluding carboxylic acids is 2. The lowest BCUT2D eigenvalue weighted by Gasteiger charge is -2.40. The van der Waals surface area contributed by atoms with E-state index in [9.17, 15) is 14.4 Å². The second-order valence-electron chi connectivity index (χ2n) is 5.07. The third-order valence-electron chi connectivity index (χ3n) is 3.74. The van der Waals surface area contributed by atoms with Crippen molar-refractivity contribution in [3.05, 3.63) is 0 Å². The van der Waals surface area contributed by atoms with Crippen LogP contribution in [0.5, 0.6) is 0 Å². The monoisotopic (exact) mass is 302 g/mol. The number of aliphatic carboxylic acids is 1. The maximum Gasteiger partial charge on any atom is 0.326 e. The van der Waals surface area contributed by atoms with Gasteiger partial charge >= 0.3 is 18.0 Å². The molecule has 1 aliphatic carbocycles. The second-order valence-corrected chi connectivity index (χ2v) is 5.07. The van der Waals surface area contributed by atoms with Gasteiger partial charge in [0, 0.05) is 20.1 Å². The largest absolute Gasteiger partial charge is 0.480 e. The first-order valence-corrected chi connectivity index (χ1v) is 6.81. The van der Waals surface area contributed by atoms with Crippen LogP contribution in [0.1, 0.15) is 32.1 Å². The SMILES string of the molecule is COC(=O)CC[C@@H](NC(=O)NCC1(OC)CCC1)C(=O)O. The van der Waals surface area contributed by atoms with Crippen molar-refractivity contribution >= 4 is 18.0 Å². The van der Waals surface area contributed by atoms with Crippen molar-refractivity contribution in [2.45, 2.75) is 43.7 Å². The number of carbonyl (C=O) groups is 3. The lowest BCUT2D eigenvalue weighted by Crippen LogP contribution is -2.53. The first-order valence-electron chi connectivity index (χ1n) is 6.81. The molecule has 1 atom stereocenters. The van der Waals surface area contributed by atoms with Gasteiger partial charge < -0.3 is 25.2 Å². The molecule has 8 nitrogen and oxygen atoms in total. The summed E-state index contributed by atoms with van der Waals surface area (Å²) in [6, 6.07) is -1.72. The fraction of sp³-hybridized carbons (Fsp3) is 0.769. The third kappa shape index (κ3) is 5.22. The number of carboxylic acids is 1. The number of hydrogen-bond acceptors (Lipinski definition) is 5. The summed E-state index contributed by atoms with van der Waals surface area (Å²) in [5.41, 5.74) is -0.331. The van der Waals surface area contributed by atoms with Gasteiger partial charge in [0.25, 0.3) is 0 Å². The molecule has 0 aromatic heterocycles. The van der Waals surface area contributed by atoms with E-state index in [2.05, 4.69) is 15.4 Å². The minimum Gasteiger partial charge on any atom is -0.480 e. The van der Waals surface area contributed by atoms with Gasteiger partial charge in [-0.1, -0.05) is 0 Å². The van der Waals surface area contributed by atoms with Crippen LogP contribution in [0.2, 0.25) is 0 Å². The third-order valence-corrected chi connectivity index (χ3v) is 3.74. The normalized spacial score (nSPS) is 17.2. The molecule has 0 spiro atoms. The van der Waals surface area contributed by atoms with Crippen LogP contribution in [0.4, 0.5) is 4.79 Å². The van der Waals surface area contributed by atoms with Gasteiger partial charge in [-0.15, -0.1) is 0 Å². The minimum absolute atomic E-state index is 0.0230. The highest BCUT2D eigenvalue weighted by molar-refractivity contribution is 5.83. The molecule has 0 bridgehead atoms. The molecule has 21 heavy (non-hydrogen) atoms. The maximum atomic E-state index is 11.7. The zero-order valence-electron chi connectivity index (χ0n) is 12.3. The lowest BCUT2D eigenvalue weighted by molar-refractivity contribution is -0.142. The topological polar surface area (TPSA) is 114 Å². The van der Waals surface area contributed by atoms with Crippen LogP contribution in [0.3, 0.4) is 0 Å². The summed E-state index contributed by atoms with van der Waals surface area (Å²) in [7, 11) is 2.82. The highest BCUT2D eigenvalue weighted by atomic mass is 16.5. The molecular formula is C13H22N2O6. The van der Waals surface area contributed by atoms with Crippen LogP contribution in [0.15, 0.2) is 0 Å². The minimum atomic E-state index is -1.20.